The molecule has 2 unspecified atom stereocenters. The highest BCUT2D eigenvalue weighted by Gasteiger charge is 2.18. The van der Waals surface area contributed by atoms with Gasteiger partial charge in [0.2, 0.25) is 0 Å². The summed E-state index contributed by atoms with van der Waals surface area (Å²) in [7, 11) is 1.91. The Labute approximate surface area is 122 Å². The fraction of sp³-hybridized carbons (Fsp3) is 0.750. The molecule has 1 saturated carbocycles. The maximum Gasteiger partial charge on any atom is 0.133 e. The van der Waals surface area contributed by atoms with Crippen LogP contribution >= 0.6 is 0 Å². The molecule has 112 valence electrons. The van der Waals surface area contributed by atoms with Crippen LogP contribution in [0.15, 0.2) is 6.07 Å². The lowest BCUT2D eigenvalue weighted by Gasteiger charge is -2.27. The normalized spacial score (nSPS) is 22.6. The van der Waals surface area contributed by atoms with Crippen molar-refractivity contribution < 1.29 is 0 Å². The Morgan fingerprint density at radius 3 is 2.75 bits per heavy atom. The zero-order valence-electron chi connectivity index (χ0n) is 13.1. The predicted octanol–water partition coefficient (Wildman–Crippen LogP) is 3.71. The van der Waals surface area contributed by atoms with Gasteiger partial charge in [-0.3, -0.25) is 0 Å². The van der Waals surface area contributed by atoms with Gasteiger partial charge in [0.15, 0.2) is 0 Å². The van der Waals surface area contributed by atoms with Crippen LogP contribution in [0.25, 0.3) is 0 Å². The van der Waals surface area contributed by atoms with Gasteiger partial charge in [0.1, 0.15) is 17.5 Å². The van der Waals surface area contributed by atoms with E-state index in [9.17, 15) is 0 Å². The molecule has 0 aliphatic heterocycles. The van der Waals surface area contributed by atoms with Crippen LogP contribution in [0, 0.1) is 11.8 Å². The van der Waals surface area contributed by atoms with E-state index in [1.807, 2.05) is 13.1 Å². The lowest BCUT2D eigenvalue weighted by molar-refractivity contribution is 0.293. The molecule has 0 saturated heterocycles. The minimum Gasteiger partial charge on any atom is -0.373 e. The van der Waals surface area contributed by atoms with Crippen LogP contribution in [0.1, 0.15) is 51.8 Å². The molecular weight excluding hydrogens is 248 g/mol. The smallest absolute Gasteiger partial charge is 0.133 e. The van der Waals surface area contributed by atoms with Crippen molar-refractivity contribution in [2.45, 2.75) is 52.4 Å². The number of hydrogen-bond acceptors (Lipinski definition) is 4. The highest BCUT2D eigenvalue weighted by atomic mass is 15.1. The van der Waals surface area contributed by atoms with Gasteiger partial charge in [-0.1, -0.05) is 26.7 Å². The van der Waals surface area contributed by atoms with Crippen molar-refractivity contribution in [2.75, 3.05) is 24.2 Å². The Kier molecular flexibility index (Phi) is 5.62. The van der Waals surface area contributed by atoms with E-state index in [4.69, 9.17) is 0 Å². The summed E-state index contributed by atoms with van der Waals surface area (Å²) >= 11 is 0. The van der Waals surface area contributed by atoms with Crippen molar-refractivity contribution in [3.63, 3.8) is 0 Å². The van der Waals surface area contributed by atoms with Gasteiger partial charge in [0, 0.05) is 26.1 Å². The third-order valence-electron chi connectivity index (χ3n) is 4.12. The molecule has 1 heterocycles. The highest BCUT2D eigenvalue weighted by molar-refractivity contribution is 5.47. The Hall–Kier alpha value is -1.32. The van der Waals surface area contributed by atoms with Crippen LogP contribution in [0.3, 0.4) is 0 Å². The van der Waals surface area contributed by atoms with E-state index in [2.05, 4.69) is 34.4 Å². The molecule has 20 heavy (non-hydrogen) atoms. The van der Waals surface area contributed by atoms with Crippen molar-refractivity contribution in [3.8, 4) is 0 Å². The SMILES string of the molecule is CCCc1nc(NC)cc(NCC2CCCC(C)C2)n1. The minimum absolute atomic E-state index is 0.793. The van der Waals surface area contributed by atoms with Gasteiger partial charge in [0.05, 0.1) is 0 Å². The maximum atomic E-state index is 4.61. The molecule has 1 aromatic heterocycles. The number of nitrogens with one attached hydrogen (secondary N) is 2. The number of anilines is 2. The summed E-state index contributed by atoms with van der Waals surface area (Å²) in [5, 5.41) is 6.64. The van der Waals surface area contributed by atoms with Gasteiger partial charge in [-0.2, -0.15) is 0 Å². The van der Waals surface area contributed by atoms with Gasteiger partial charge in [0.25, 0.3) is 0 Å². The minimum atomic E-state index is 0.793. The van der Waals surface area contributed by atoms with Crippen LogP contribution in [-0.4, -0.2) is 23.6 Å². The molecule has 1 aliphatic carbocycles. The standard InChI is InChI=1S/C16H28N4/c1-4-6-14-19-15(17-3)10-16(20-14)18-11-13-8-5-7-12(2)9-13/h10,12-13H,4-9,11H2,1-3H3,(H2,17,18,19,20). The second-order valence-electron chi connectivity index (χ2n) is 6.07. The average molecular weight is 276 g/mol. The number of aromatic nitrogens is 2. The maximum absolute atomic E-state index is 4.61. The molecule has 1 aromatic rings. The molecule has 2 N–H and O–H groups in total. The first-order valence-corrected chi connectivity index (χ1v) is 8.00. The number of hydrogen-bond donors (Lipinski definition) is 2. The molecule has 1 aliphatic rings. The van der Waals surface area contributed by atoms with Gasteiger partial charge < -0.3 is 10.6 Å². The number of nitrogens with zero attached hydrogens (tertiary/aromatic N) is 2. The van der Waals surface area contributed by atoms with E-state index in [-0.39, 0.29) is 0 Å². The molecule has 0 bridgehead atoms. The van der Waals surface area contributed by atoms with Crippen LogP contribution < -0.4 is 10.6 Å². The Morgan fingerprint density at radius 2 is 2.05 bits per heavy atom. The van der Waals surface area contributed by atoms with Crippen LogP contribution in [0.2, 0.25) is 0 Å². The quantitative estimate of drug-likeness (QED) is 0.831. The van der Waals surface area contributed by atoms with Crippen LogP contribution in [-0.2, 0) is 6.42 Å². The topological polar surface area (TPSA) is 49.8 Å². The Balaban J connectivity index is 1.95. The third kappa shape index (κ3) is 4.36. The van der Waals surface area contributed by atoms with Crippen molar-refractivity contribution in [1.29, 1.82) is 0 Å². The van der Waals surface area contributed by atoms with E-state index in [1.165, 1.54) is 25.7 Å². The molecule has 0 aromatic carbocycles. The van der Waals surface area contributed by atoms with E-state index in [1.54, 1.807) is 0 Å². The van der Waals surface area contributed by atoms with Gasteiger partial charge >= 0.3 is 0 Å². The van der Waals surface area contributed by atoms with Gasteiger partial charge in [-0.15, -0.1) is 0 Å². The fourth-order valence-electron chi connectivity index (χ4n) is 3.05. The highest BCUT2D eigenvalue weighted by Crippen LogP contribution is 2.28. The first-order valence-electron chi connectivity index (χ1n) is 8.00. The van der Waals surface area contributed by atoms with Crippen LogP contribution in [0.4, 0.5) is 11.6 Å². The predicted molar refractivity (Wildman–Crippen MR) is 85.2 cm³/mol. The zero-order chi connectivity index (χ0) is 14.4. The monoisotopic (exact) mass is 276 g/mol. The summed E-state index contributed by atoms with van der Waals surface area (Å²) < 4.78 is 0. The molecule has 0 spiro atoms. The third-order valence-corrected chi connectivity index (χ3v) is 4.12. The summed E-state index contributed by atoms with van der Waals surface area (Å²) in [5.41, 5.74) is 0. The lowest BCUT2D eigenvalue weighted by Crippen LogP contribution is -2.21. The molecule has 0 radical (unpaired) electrons. The molecule has 4 nitrogen and oxygen atoms in total. The Morgan fingerprint density at radius 1 is 1.25 bits per heavy atom. The number of rotatable bonds is 6. The second-order valence-corrected chi connectivity index (χ2v) is 6.07. The molecular formula is C16H28N4. The van der Waals surface area contributed by atoms with E-state index >= 15 is 0 Å². The molecule has 4 heteroatoms. The second kappa shape index (κ2) is 7.46. The van der Waals surface area contributed by atoms with Crippen molar-refractivity contribution in [1.82, 2.24) is 9.97 Å². The fourth-order valence-corrected chi connectivity index (χ4v) is 3.05. The first-order chi connectivity index (χ1) is 9.71. The summed E-state index contributed by atoms with van der Waals surface area (Å²) in [4.78, 5) is 9.10. The molecule has 0 amide bonds. The largest absolute Gasteiger partial charge is 0.373 e. The molecule has 2 rings (SSSR count). The van der Waals surface area contributed by atoms with Crippen LogP contribution in [0.5, 0.6) is 0 Å². The number of aryl methyl sites for hydroxylation is 1. The van der Waals surface area contributed by atoms with E-state index < -0.39 is 0 Å². The molecule has 2 atom stereocenters. The summed E-state index contributed by atoms with van der Waals surface area (Å²) in [6.07, 6.45) is 7.48. The summed E-state index contributed by atoms with van der Waals surface area (Å²) in [5.74, 6) is 4.47. The van der Waals surface area contributed by atoms with E-state index in [0.717, 1.165) is 48.7 Å². The lowest BCUT2D eigenvalue weighted by atomic mass is 9.82. The van der Waals surface area contributed by atoms with Crippen molar-refractivity contribution in [3.05, 3.63) is 11.9 Å². The average Bonchev–Trinajstić information content (AvgIpc) is 2.45. The van der Waals surface area contributed by atoms with Gasteiger partial charge in [-0.05, 0) is 31.1 Å². The summed E-state index contributed by atoms with van der Waals surface area (Å²) in [6, 6.07) is 2.01. The van der Waals surface area contributed by atoms with E-state index in [0.29, 0.717) is 0 Å². The Bertz CT molecular complexity index is 419. The molecule has 1 fully saturated rings. The van der Waals surface area contributed by atoms with Gasteiger partial charge in [-0.25, -0.2) is 9.97 Å². The first kappa shape index (κ1) is 15.1. The van der Waals surface area contributed by atoms with Crippen molar-refractivity contribution in [2.24, 2.45) is 11.8 Å². The summed E-state index contributed by atoms with van der Waals surface area (Å²) in [6.45, 7) is 5.57. The zero-order valence-corrected chi connectivity index (χ0v) is 13.1. The van der Waals surface area contributed by atoms with Crippen molar-refractivity contribution >= 4 is 11.6 Å².